The molecule has 2 N–H and O–H groups in total. The van der Waals surface area contributed by atoms with Gasteiger partial charge >= 0.3 is 0 Å². The highest BCUT2D eigenvalue weighted by Gasteiger charge is 2.58. The van der Waals surface area contributed by atoms with Gasteiger partial charge in [-0.3, -0.25) is 0 Å². The van der Waals surface area contributed by atoms with Gasteiger partial charge < -0.3 is 10.2 Å². The van der Waals surface area contributed by atoms with Crippen molar-refractivity contribution in [2.75, 3.05) is 0 Å². The Morgan fingerprint density at radius 2 is 2.00 bits per heavy atom. The first-order valence-electron chi connectivity index (χ1n) is 8.42. The Labute approximate surface area is 133 Å². The van der Waals surface area contributed by atoms with Crippen molar-refractivity contribution in [2.24, 2.45) is 29.1 Å². The molecular weight excluding hydrogens is 272 g/mol. The molecule has 6 atom stereocenters. The summed E-state index contributed by atoms with van der Waals surface area (Å²) in [5, 5.41) is 21.2. The lowest BCUT2D eigenvalue weighted by atomic mass is 9.55. The average Bonchev–Trinajstić information content (AvgIpc) is 2.62. The van der Waals surface area contributed by atoms with Gasteiger partial charge in [-0.25, -0.2) is 0 Å². The van der Waals surface area contributed by atoms with Crippen molar-refractivity contribution in [3.63, 3.8) is 0 Å². The summed E-state index contributed by atoms with van der Waals surface area (Å²) in [7, 11) is 0. The molecule has 0 amide bonds. The number of hydrogen-bond acceptors (Lipinski definition) is 2. The van der Waals surface area contributed by atoms with E-state index in [9.17, 15) is 10.2 Å². The first kappa shape index (κ1) is 15.6. The van der Waals surface area contributed by atoms with Crippen molar-refractivity contribution in [2.45, 2.75) is 47.1 Å². The molecule has 3 aliphatic rings. The molecule has 0 unspecified atom stereocenters. The van der Waals surface area contributed by atoms with Crippen molar-refractivity contribution in [3.05, 3.63) is 46.8 Å². The van der Waals surface area contributed by atoms with E-state index < -0.39 is 6.10 Å². The second-order valence-corrected chi connectivity index (χ2v) is 7.83. The quantitative estimate of drug-likeness (QED) is 0.697. The van der Waals surface area contributed by atoms with Crippen LogP contribution in [-0.2, 0) is 0 Å². The standard InChI is InChI=1S/C20H28O2/c1-11(2)6-15-8-13(4)16-9-17(21)14(5)19-18(22)7-12(3)10-20(15,16)19/h6-7,9-10,13-15,17,19,21-22H,8H2,1-5H3/t13-,14-,15-,17-,19-,20-/m0/s1. The van der Waals surface area contributed by atoms with Crippen LogP contribution in [0.4, 0.5) is 0 Å². The van der Waals surface area contributed by atoms with Gasteiger partial charge in [0.05, 0.1) is 11.9 Å². The molecular formula is C20H28O2. The Balaban J connectivity index is 2.25. The van der Waals surface area contributed by atoms with E-state index in [2.05, 4.69) is 52.8 Å². The van der Waals surface area contributed by atoms with Gasteiger partial charge in [0.2, 0.25) is 0 Å². The fourth-order valence-corrected chi connectivity index (χ4v) is 5.17. The normalized spacial score (nSPS) is 43.5. The van der Waals surface area contributed by atoms with Gasteiger partial charge in [0.25, 0.3) is 0 Å². The summed E-state index contributed by atoms with van der Waals surface area (Å²) in [6.07, 6.45) is 9.31. The van der Waals surface area contributed by atoms with Crippen LogP contribution in [0, 0.1) is 29.1 Å². The fourth-order valence-electron chi connectivity index (χ4n) is 5.17. The van der Waals surface area contributed by atoms with Crippen LogP contribution in [-0.4, -0.2) is 16.3 Å². The van der Waals surface area contributed by atoms with Crippen LogP contribution < -0.4 is 0 Å². The Bertz CT molecular complexity index is 603. The molecule has 1 spiro atoms. The summed E-state index contributed by atoms with van der Waals surface area (Å²) in [4.78, 5) is 0. The van der Waals surface area contributed by atoms with Crippen LogP contribution in [0.25, 0.3) is 0 Å². The van der Waals surface area contributed by atoms with Crippen molar-refractivity contribution >= 4 is 0 Å². The topological polar surface area (TPSA) is 40.5 Å². The Morgan fingerprint density at radius 3 is 2.64 bits per heavy atom. The van der Waals surface area contributed by atoms with E-state index in [1.165, 1.54) is 11.1 Å². The molecule has 0 aromatic rings. The van der Waals surface area contributed by atoms with Crippen LogP contribution >= 0.6 is 0 Å². The predicted molar refractivity (Wildman–Crippen MR) is 90.3 cm³/mol. The van der Waals surface area contributed by atoms with Crippen LogP contribution in [0.15, 0.2) is 46.8 Å². The lowest BCUT2D eigenvalue weighted by Gasteiger charge is -2.49. The maximum atomic E-state index is 10.7. The van der Waals surface area contributed by atoms with Gasteiger partial charge in [-0.15, -0.1) is 0 Å². The number of hydrogen-bond donors (Lipinski definition) is 2. The first-order valence-corrected chi connectivity index (χ1v) is 8.42. The van der Waals surface area contributed by atoms with E-state index in [0.29, 0.717) is 17.6 Å². The van der Waals surface area contributed by atoms with Crippen molar-refractivity contribution in [3.8, 4) is 0 Å². The number of aliphatic hydroxyl groups is 2. The van der Waals surface area contributed by atoms with Crippen LogP contribution in [0.2, 0.25) is 0 Å². The molecule has 0 aromatic heterocycles. The maximum Gasteiger partial charge on any atom is 0.0971 e. The number of rotatable bonds is 1. The maximum absolute atomic E-state index is 10.7. The van der Waals surface area contributed by atoms with E-state index >= 15 is 0 Å². The van der Waals surface area contributed by atoms with Crippen LogP contribution in [0.3, 0.4) is 0 Å². The number of allylic oxidation sites excluding steroid dienone is 7. The molecule has 0 bridgehead atoms. The minimum absolute atomic E-state index is 0.0169. The third-order valence-corrected chi connectivity index (χ3v) is 5.88. The summed E-state index contributed by atoms with van der Waals surface area (Å²) in [6.45, 7) is 10.7. The lowest BCUT2D eigenvalue weighted by molar-refractivity contribution is 0.0461. The minimum Gasteiger partial charge on any atom is -0.512 e. The van der Waals surface area contributed by atoms with E-state index in [1.54, 1.807) is 0 Å². The van der Waals surface area contributed by atoms with Gasteiger partial charge in [0.1, 0.15) is 0 Å². The molecule has 0 saturated heterocycles. The minimum atomic E-state index is -0.469. The zero-order valence-electron chi connectivity index (χ0n) is 14.3. The Hall–Kier alpha value is -1.28. The summed E-state index contributed by atoms with van der Waals surface area (Å²) in [6, 6.07) is 0. The summed E-state index contributed by atoms with van der Waals surface area (Å²) in [5.74, 6) is 1.29. The molecule has 0 heterocycles. The molecule has 0 aromatic carbocycles. The SMILES string of the molecule is CC(C)=C[C@H]1C[C@H](C)C2=C[C@H](O)[C@H](C)[C@H]3C(O)=CC(C)=C[C@]231. The molecule has 0 radical (unpaired) electrons. The highest BCUT2D eigenvalue weighted by molar-refractivity contribution is 5.46. The zero-order chi connectivity index (χ0) is 16.2. The molecule has 0 aliphatic heterocycles. The third-order valence-electron chi connectivity index (χ3n) is 5.88. The van der Waals surface area contributed by atoms with E-state index in [4.69, 9.17) is 0 Å². The molecule has 3 rings (SSSR count). The Kier molecular flexibility index (Phi) is 3.64. The molecule has 22 heavy (non-hydrogen) atoms. The zero-order valence-corrected chi connectivity index (χ0v) is 14.3. The van der Waals surface area contributed by atoms with Crippen LogP contribution in [0.1, 0.15) is 41.0 Å². The van der Waals surface area contributed by atoms with E-state index in [0.717, 1.165) is 12.0 Å². The second kappa shape index (κ2) is 5.13. The lowest BCUT2D eigenvalue weighted by Crippen LogP contribution is -2.47. The summed E-state index contributed by atoms with van der Waals surface area (Å²) < 4.78 is 0. The molecule has 2 nitrogen and oxygen atoms in total. The monoisotopic (exact) mass is 300 g/mol. The van der Waals surface area contributed by atoms with Crippen molar-refractivity contribution in [1.82, 2.24) is 0 Å². The second-order valence-electron chi connectivity index (χ2n) is 7.83. The highest BCUT2D eigenvalue weighted by atomic mass is 16.3. The van der Waals surface area contributed by atoms with Gasteiger partial charge in [-0.05, 0) is 51.0 Å². The molecule has 1 saturated carbocycles. The van der Waals surface area contributed by atoms with Gasteiger partial charge in [-0.1, -0.05) is 48.8 Å². The number of aliphatic hydroxyl groups excluding tert-OH is 2. The molecule has 120 valence electrons. The molecule has 2 heteroatoms. The highest BCUT2D eigenvalue weighted by Crippen LogP contribution is 2.64. The summed E-state index contributed by atoms with van der Waals surface area (Å²) in [5.41, 5.74) is 3.62. The van der Waals surface area contributed by atoms with Crippen LogP contribution in [0.5, 0.6) is 0 Å². The predicted octanol–water partition coefficient (Wildman–Crippen LogP) is 4.55. The van der Waals surface area contributed by atoms with Gasteiger partial charge in [-0.2, -0.15) is 0 Å². The third kappa shape index (κ3) is 2.04. The first-order chi connectivity index (χ1) is 10.3. The van der Waals surface area contributed by atoms with Crippen molar-refractivity contribution < 1.29 is 10.2 Å². The summed E-state index contributed by atoms with van der Waals surface area (Å²) >= 11 is 0. The van der Waals surface area contributed by atoms with Gasteiger partial charge in [0.15, 0.2) is 0 Å². The smallest absolute Gasteiger partial charge is 0.0971 e. The fraction of sp³-hybridized carbons (Fsp3) is 0.600. The largest absolute Gasteiger partial charge is 0.512 e. The van der Waals surface area contributed by atoms with E-state index in [-0.39, 0.29) is 17.3 Å². The van der Waals surface area contributed by atoms with E-state index in [1.807, 2.05) is 6.08 Å². The van der Waals surface area contributed by atoms with Gasteiger partial charge in [0, 0.05) is 11.3 Å². The van der Waals surface area contributed by atoms with Crippen molar-refractivity contribution in [1.29, 1.82) is 0 Å². The molecule has 1 fully saturated rings. The Morgan fingerprint density at radius 1 is 1.32 bits per heavy atom. The molecule has 3 aliphatic carbocycles. The average molecular weight is 300 g/mol.